The fourth-order valence-corrected chi connectivity index (χ4v) is 3.80. The molecule has 0 bridgehead atoms. The van der Waals surface area contributed by atoms with E-state index >= 15 is 0 Å². The van der Waals surface area contributed by atoms with Crippen LogP contribution in [0, 0.1) is 0 Å². The number of nitrogens with one attached hydrogen (secondary N) is 2. The number of carbonyl (C=O) groups excluding carboxylic acids is 1. The molecule has 1 amide bonds. The van der Waals surface area contributed by atoms with Crippen LogP contribution in [0.5, 0.6) is 5.75 Å². The van der Waals surface area contributed by atoms with Gasteiger partial charge >= 0.3 is 0 Å². The quantitative estimate of drug-likeness (QED) is 0.397. The van der Waals surface area contributed by atoms with Gasteiger partial charge in [0.2, 0.25) is 11.1 Å². The minimum absolute atomic E-state index is 0.115. The van der Waals surface area contributed by atoms with Crippen LogP contribution < -0.4 is 10.1 Å². The van der Waals surface area contributed by atoms with Crippen molar-refractivity contribution in [3.63, 3.8) is 0 Å². The Labute approximate surface area is 176 Å². The van der Waals surface area contributed by atoms with E-state index in [1.807, 2.05) is 72.1 Å². The number of rotatable bonds is 8. The Morgan fingerprint density at radius 1 is 1.07 bits per heavy atom. The third-order valence-electron chi connectivity index (χ3n) is 3.94. The minimum atomic E-state index is -0.115. The molecule has 4 rings (SSSR count). The molecule has 0 spiro atoms. The van der Waals surface area contributed by atoms with E-state index in [9.17, 15) is 4.79 Å². The number of hydrogen-bond acceptors (Lipinski definition) is 6. The van der Waals surface area contributed by atoms with Gasteiger partial charge in [0.1, 0.15) is 12.4 Å². The first-order valence-electron chi connectivity index (χ1n) is 8.92. The smallest absolute Gasteiger partial charge is 0.234 e. The van der Waals surface area contributed by atoms with Crippen molar-refractivity contribution in [3.8, 4) is 16.5 Å². The van der Waals surface area contributed by atoms with Gasteiger partial charge in [0.15, 0.2) is 5.82 Å². The summed E-state index contributed by atoms with van der Waals surface area (Å²) >= 11 is 2.88. The van der Waals surface area contributed by atoms with Crippen LogP contribution in [0.3, 0.4) is 0 Å². The van der Waals surface area contributed by atoms with Crippen LogP contribution in [0.25, 0.3) is 10.7 Å². The number of aromatic amines is 1. The summed E-state index contributed by atoms with van der Waals surface area (Å²) in [6.45, 7) is 0.507. The molecule has 0 saturated heterocycles. The van der Waals surface area contributed by atoms with Gasteiger partial charge in [-0.15, -0.1) is 16.4 Å². The molecule has 29 heavy (non-hydrogen) atoms. The zero-order chi connectivity index (χ0) is 19.9. The number of thiophene rings is 1. The number of nitrogens with zero attached hydrogens (tertiary/aromatic N) is 2. The fourth-order valence-electron chi connectivity index (χ4n) is 2.54. The molecule has 0 radical (unpaired) electrons. The maximum atomic E-state index is 12.2. The van der Waals surface area contributed by atoms with Crippen molar-refractivity contribution < 1.29 is 9.53 Å². The number of hydrogen-bond donors (Lipinski definition) is 2. The Morgan fingerprint density at radius 3 is 2.66 bits per heavy atom. The monoisotopic (exact) mass is 422 g/mol. The van der Waals surface area contributed by atoms with Crippen molar-refractivity contribution in [2.45, 2.75) is 11.8 Å². The Hall–Kier alpha value is -3.10. The van der Waals surface area contributed by atoms with Crippen LogP contribution in [0.15, 0.2) is 77.3 Å². The third kappa shape index (κ3) is 5.46. The lowest BCUT2D eigenvalue weighted by Crippen LogP contribution is -2.14. The highest BCUT2D eigenvalue weighted by atomic mass is 32.2. The zero-order valence-corrected chi connectivity index (χ0v) is 17.0. The predicted octanol–water partition coefficient (Wildman–Crippen LogP) is 4.84. The molecule has 0 saturated carbocycles. The summed E-state index contributed by atoms with van der Waals surface area (Å²) in [5, 5.41) is 12.4. The SMILES string of the molecule is O=C(CSc1n[nH]c(-c2cccs2)n1)Nc1ccc(OCc2ccccc2)cc1. The number of aromatic nitrogens is 3. The molecule has 8 heteroatoms. The molecule has 2 aromatic carbocycles. The Balaban J connectivity index is 1.24. The van der Waals surface area contributed by atoms with Crippen molar-refractivity contribution in [3.05, 3.63) is 77.7 Å². The predicted molar refractivity (Wildman–Crippen MR) is 116 cm³/mol. The van der Waals surface area contributed by atoms with Crippen molar-refractivity contribution in [1.82, 2.24) is 15.2 Å². The topological polar surface area (TPSA) is 79.9 Å². The highest BCUT2D eigenvalue weighted by Gasteiger charge is 2.10. The summed E-state index contributed by atoms with van der Waals surface area (Å²) in [5.41, 5.74) is 1.83. The summed E-state index contributed by atoms with van der Waals surface area (Å²) in [6, 6.07) is 21.2. The highest BCUT2D eigenvalue weighted by Crippen LogP contribution is 2.23. The van der Waals surface area contributed by atoms with Gasteiger partial charge in [-0.1, -0.05) is 48.2 Å². The standard InChI is InChI=1S/C21H18N4O2S2/c26-19(14-29-21-23-20(24-25-21)18-7-4-12-28-18)22-16-8-10-17(11-9-16)27-13-15-5-2-1-3-6-15/h1-12H,13-14H2,(H,22,26)(H,23,24,25). The molecule has 0 atom stereocenters. The van der Waals surface area contributed by atoms with Crippen LogP contribution >= 0.6 is 23.1 Å². The van der Waals surface area contributed by atoms with Crippen molar-refractivity contribution in [2.75, 3.05) is 11.1 Å². The number of H-pyrrole nitrogens is 1. The van der Waals surface area contributed by atoms with Gasteiger partial charge in [-0.05, 0) is 41.3 Å². The van der Waals surface area contributed by atoms with E-state index in [0.29, 0.717) is 17.6 Å². The molecule has 0 unspecified atom stereocenters. The molecular formula is C21H18N4O2S2. The van der Waals surface area contributed by atoms with Crippen LogP contribution in [-0.4, -0.2) is 26.8 Å². The highest BCUT2D eigenvalue weighted by molar-refractivity contribution is 7.99. The minimum Gasteiger partial charge on any atom is -0.489 e. The first-order valence-corrected chi connectivity index (χ1v) is 10.8. The van der Waals surface area contributed by atoms with Gasteiger partial charge < -0.3 is 10.1 Å². The van der Waals surface area contributed by atoms with E-state index in [2.05, 4.69) is 20.5 Å². The van der Waals surface area contributed by atoms with Crippen LogP contribution in [0.4, 0.5) is 5.69 Å². The van der Waals surface area contributed by atoms with E-state index in [1.165, 1.54) is 11.8 Å². The molecule has 0 fully saturated rings. The molecule has 2 heterocycles. The van der Waals surface area contributed by atoms with E-state index < -0.39 is 0 Å². The lowest BCUT2D eigenvalue weighted by atomic mass is 10.2. The number of carbonyl (C=O) groups is 1. The molecule has 0 aliphatic rings. The summed E-state index contributed by atoms with van der Waals surface area (Å²) in [4.78, 5) is 17.6. The van der Waals surface area contributed by atoms with Gasteiger partial charge in [-0.3, -0.25) is 9.89 Å². The molecule has 2 N–H and O–H groups in total. The number of ether oxygens (including phenoxy) is 1. The van der Waals surface area contributed by atoms with E-state index in [-0.39, 0.29) is 11.7 Å². The molecule has 4 aromatic rings. The Kier molecular flexibility index (Phi) is 6.23. The molecule has 6 nitrogen and oxygen atoms in total. The largest absolute Gasteiger partial charge is 0.489 e. The van der Waals surface area contributed by atoms with Crippen LogP contribution in [-0.2, 0) is 11.4 Å². The molecule has 2 aromatic heterocycles. The van der Waals surface area contributed by atoms with Crippen molar-refractivity contribution in [1.29, 1.82) is 0 Å². The average molecular weight is 423 g/mol. The van der Waals surface area contributed by atoms with Crippen molar-refractivity contribution in [2.24, 2.45) is 0 Å². The second kappa shape index (κ2) is 9.40. The summed E-state index contributed by atoms with van der Waals surface area (Å²) < 4.78 is 5.75. The lowest BCUT2D eigenvalue weighted by molar-refractivity contribution is -0.113. The number of thioether (sulfide) groups is 1. The van der Waals surface area contributed by atoms with Gasteiger partial charge in [0.05, 0.1) is 10.6 Å². The zero-order valence-electron chi connectivity index (χ0n) is 15.4. The van der Waals surface area contributed by atoms with E-state index in [1.54, 1.807) is 11.3 Å². The first kappa shape index (κ1) is 19.2. The normalized spacial score (nSPS) is 10.6. The number of amides is 1. The van der Waals surface area contributed by atoms with Gasteiger partial charge in [0, 0.05) is 5.69 Å². The van der Waals surface area contributed by atoms with Gasteiger partial charge in [0.25, 0.3) is 0 Å². The van der Waals surface area contributed by atoms with Crippen LogP contribution in [0.2, 0.25) is 0 Å². The maximum Gasteiger partial charge on any atom is 0.234 e. The fraction of sp³-hybridized carbons (Fsp3) is 0.0952. The molecular weight excluding hydrogens is 404 g/mol. The average Bonchev–Trinajstić information content (AvgIpc) is 3.44. The third-order valence-corrected chi connectivity index (χ3v) is 5.66. The molecule has 146 valence electrons. The summed E-state index contributed by atoms with van der Waals surface area (Å²) in [6.07, 6.45) is 0. The van der Waals surface area contributed by atoms with E-state index in [4.69, 9.17) is 4.74 Å². The van der Waals surface area contributed by atoms with E-state index in [0.717, 1.165) is 21.9 Å². The molecule has 0 aliphatic carbocycles. The lowest BCUT2D eigenvalue weighted by Gasteiger charge is -2.08. The molecule has 0 aliphatic heterocycles. The number of benzene rings is 2. The van der Waals surface area contributed by atoms with Crippen molar-refractivity contribution >= 4 is 34.7 Å². The summed E-state index contributed by atoms with van der Waals surface area (Å²) in [5.74, 6) is 1.58. The van der Waals surface area contributed by atoms with Crippen LogP contribution in [0.1, 0.15) is 5.56 Å². The van der Waals surface area contributed by atoms with Gasteiger partial charge in [-0.2, -0.15) is 0 Å². The first-order chi connectivity index (χ1) is 14.3. The van der Waals surface area contributed by atoms with Gasteiger partial charge in [-0.25, -0.2) is 4.98 Å². The number of anilines is 1. The Bertz CT molecular complexity index is 1050. The summed E-state index contributed by atoms with van der Waals surface area (Å²) in [7, 11) is 0. The maximum absolute atomic E-state index is 12.2. The second-order valence-electron chi connectivity index (χ2n) is 6.08. The Morgan fingerprint density at radius 2 is 1.90 bits per heavy atom. The second-order valence-corrected chi connectivity index (χ2v) is 7.97.